The Morgan fingerprint density at radius 3 is 2.93 bits per heavy atom. The van der Waals surface area contributed by atoms with Gasteiger partial charge in [-0.05, 0) is 43.5 Å². The van der Waals surface area contributed by atoms with E-state index in [0.717, 1.165) is 31.5 Å². The highest BCUT2D eigenvalue weighted by atomic mass is 19.1. The van der Waals surface area contributed by atoms with Gasteiger partial charge in [0, 0.05) is 44.1 Å². The van der Waals surface area contributed by atoms with Crippen LogP contribution in [0.25, 0.3) is 0 Å². The number of carbonyl (C=O) groups is 2. The molecule has 1 spiro atoms. The second-order valence-electron chi connectivity index (χ2n) is 8.10. The van der Waals surface area contributed by atoms with E-state index in [2.05, 4.69) is 15.5 Å². The molecule has 2 amide bonds. The van der Waals surface area contributed by atoms with E-state index in [9.17, 15) is 14.0 Å². The van der Waals surface area contributed by atoms with Gasteiger partial charge in [-0.15, -0.1) is 0 Å². The van der Waals surface area contributed by atoms with Gasteiger partial charge < -0.3 is 15.4 Å². The molecule has 3 fully saturated rings. The topological polar surface area (TPSA) is 70.7 Å². The minimum Gasteiger partial charge on any atom is -0.370 e. The van der Waals surface area contributed by atoms with Crippen LogP contribution in [0.4, 0.5) is 4.39 Å². The number of fused-ring (bicyclic) bond motifs is 1. The first-order chi connectivity index (χ1) is 12.9. The first-order valence-corrected chi connectivity index (χ1v) is 9.56. The number of halogens is 1. The highest BCUT2D eigenvalue weighted by Crippen LogP contribution is 2.54. The van der Waals surface area contributed by atoms with Crippen LogP contribution in [0.2, 0.25) is 0 Å². The van der Waals surface area contributed by atoms with Gasteiger partial charge in [-0.1, -0.05) is 0 Å². The van der Waals surface area contributed by atoms with Crippen LogP contribution in [0.3, 0.4) is 0 Å². The Morgan fingerprint density at radius 2 is 2.19 bits per heavy atom. The Bertz CT molecular complexity index is 751. The molecule has 6 nitrogen and oxygen atoms in total. The molecule has 0 aromatic heterocycles. The maximum Gasteiger partial charge on any atom is 0.251 e. The van der Waals surface area contributed by atoms with E-state index in [1.807, 2.05) is 0 Å². The van der Waals surface area contributed by atoms with Crippen molar-refractivity contribution >= 4 is 11.8 Å². The Labute approximate surface area is 158 Å². The van der Waals surface area contributed by atoms with E-state index in [-0.39, 0.29) is 29.4 Å². The van der Waals surface area contributed by atoms with Crippen molar-refractivity contribution in [3.63, 3.8) is 0 Å². The number of rotatable bonds is 5. The van der Waals surface area contributed by atoms with Crippen LogP contribution in [0.1, 0.15) is 28.8 Å². The third kappa shape index (κ3) is 3.34. The average Bonchev–Trinajstić information content (AvgIpc) is 3.26. The highest BCUT2D eigenvalue weighted by Gasteiger charge is 2.62. The van der Waals surface area contributed by atoms with Crippen LogP contribution < -0.4 is 10.6 Å². The Hall–Kier alpha value is -1.99. The van der Waals surface area contributed by atoms with Crippen LogP contribution in [0.5, 0.6) is 0 Å². The van der Waals surface area contributed by atoms with Gasteiger partial charge in [0.05, 0.1) is 18.2 Å². The Balaban J connectivity index is 1.41. The molecule has 3 aliphatic heterocycles. The molecule has 3 heterocycles. The highest BCUT2D eigenvalue weighted by molar-refractivity contribution is 5.94. The molecular weight excluding hydrogens is 349 g/mol. The smallest absolute Gasteiger partial charge is 0.251 e. The predicted molar refractivity (Wildman–Crippen MR) is 97.8 cm³/mol. The fraction of sp³-hybridized carbons (Fsp3) is 0.600. The number of likely N-dealkylation sites (tertiary alicyclic amines) is 1. The third-order valence-corrected chi connectivity index (χ3v) is 6.30. The van der Waals surface area contributed by atoms with Crippen molar-refractivity contribution in [1.29, 1.82) is 0 Å². The van der Waals surface area contributed by atoms with Gasteiger partial charge in [-0.2, -0.15) is 0 Å². The number of ether oxygens (including phenoxy) is 1. The molecule has 1 aromatic rings. The molecule has 0 saturated carbocycles. The molecule has 0 radical (unpaired) electrons. The van der Waals surface area contributed by atoms with E-state index in [1.54, 1.807) is 20.0 Å². The summed E-state index contributed by atoms with van der Waals surface area (Å²) >= 11 is 0. The molecule has 4 atom stereocenters. The lowest BCUT2D eigenvalue weighted by Gasteiger charge is -2.29. The van der Waals surface area contributed by atoms with Crippen molar-refractivity contribution in [1.82, 2.24) is 15.5 Å². The number of hydrogen-bond donors (Lipinski definition) is 2. The number of nitrogens with zero attached hydrogens (tertiary/aromatic N) is 1. The first-order valence-electron chi connectivity index (χ1n) is 9.56. The predicted octanol–water partition coefficient (Wildman–Crippen LogP) is 1.09. The molecule has 1 aromatic carbocycles. The van der Waals surface area contributed by atoms with E-state index in [4.69, 9.17) is 4.74 Å². The molecule has 146 valence electrons. The number of carbonyl (C=O) groups excluding carboxylic acids is 2. The maximum absolute atomic E-state index is 13.6. The van der Waals surface area contributed by atoms with Gasteiger partial charge in [-0.25, -0.2) is 4.39 Å². The maximum atomic E-state index is 13.6. The largest absolute Gasteiger partial charge is 0.370 e. The van der Waals surface area contributed by atoms with Crippen molar-refractivity contribution in [3.05, 3.63) is 35.1 Å². The number of benzene rings is 1. The van der Waals surface area contributed by atoms with Crippen molar-refractivity contribution in [3.8, 4) is 0 Å². The second-order valence-corrected chi connectivity index (χ2v) is 8.10. The van der Waals surface area contributed by atoms with Crippen molar-refractivity contribution < 1.29 is 18.7 Å². The van der Waals surface area contributed by atoms with Crippen LogP contribution in [-0.4, -0.2) is 61.6 Å². The molecule has 4 rings (SSSR count). The summed E-state index contributed by atoms with van der Waals surface area (Å²) < 4.78 is 19.9. The minimum absolute atomic E-state index is 0.00671. The molecule has 3 saturated heterocycles. The number of aryl methyl sites for hydroxylation is 1. The minimum atomic E-state index is -0.400. The summed E-state index contributed by atoms with van der Waals surface area (Å²) in [4.78, 5) is 26.3. The number of hydrogen-bond acceptors (Lipinski definition) is 4. The standard InChI is InChI=1S/C20H26FN3O3/c1-12-5-13(7-14(21)6-12)19(26)23-8-15-16-9-24(10-18(25)22-2)11-20(16)4-3-17(15)27-20/h5-7,15-17H,3-4,8-11H2,1-2H3,(H,22,25)(H,23,26)/t15-,16+,17+,20+/m0/s1. The van der Waals surface area contributed by atoms with Crippen LogP contribution >= 0.6 is 0 Å². The van der Waals surface area contributed by atoms with Gasteiger partial charge in [0.25, 0.3) is 5.91 Å². The number of amides is 2. The molecule has 0 aliphatic carbocycles. The molecule has 27 heavy (non-hydrogen) atoms. The molecule has 7 heteroatoms. The molecular formula is C20H26FN3O3. The first kappa shape index (κ1) is 18.4. The van der Waals surface area contributed by atoms with Crippen LogP contribution in [0.15, 0.2) is 18.2 Å². The van der Waals surface area contributed by atoms with Gasteiger partial charge in [0.1, 0.15) is 5.82 Å². The summed E-state index contributed by atoms with van der Waals surface area (Å²) in [5.41, 5.74) is 0.894. The Kier molecular flexibility index (Phi) is 4.68. The summed E-state index contributed by atoms with van der Waals surface area (Å²) in [5.74, 6) is -0.104. The van der Waals surface area contributed by atoms with Gasteiger partial charge >= 0.3 is 0 Å². The van der Waals surface area contributed by atoms with Gasteiger partial charge in [0.2, 0.25) is 5.91 Å². The van der Waals surface area contributed by atoms with E-state index >= 15 is 0 Å². The number of likely N-dealkylation sites (N-methyl/N-ethyl adjacent to an activating group) is 1. The lowest BCUT2D eigenvalue weighted by Crippen LogP contribution is -2.41. The van der Waals surface area contributed by atoms with Crippen molar-refractivity contribution in [2.75, 3.05) is 33.2 Å². The summed E-state index contributed by atoms with van der Waals surface area (Å²) in [6, 6.07) is 4.36. The van der Waals surface area contributed by atoms with Crippen molar-refractivity contribution in [2.45, 2.75) is 31.5 Å². The molecule has 3 aliphatic rings. The zero-order valence-corrected chi connectivity index (χ0v) is 15.8. The monoisotopic (exact) mass is 375 g/mol. The van der Waals surface area contributed by atoms with Crippen LogP contribution in [0, 0.1) is 24.6 Å². The fourth-order valence-corrected chi connectivity index (χ4v) is 5.14. The molecule has 2 N–H and O–H groups in total. The zero-order valence-electron chi connectivity index (χ0n) is 15.8. The van der Waals surface area contributed by atoms with Gasteiger partial charge in [-0.3, -0.25) is 14.5 Å². The Morgan fingerprint density at radius 1 is 1.37 bits per heavy atom. The summed E-state index contributed by atoms with van der Waals surface area (Å²) in [5, 5.41) is 5.64. The lowest BCUT2D eigenvalue weighted by atomic mass is 9.73. The SMILES string of the molecule is CNC(=O)CN1C[C@@H]2[C@H](CNC(=O)c3cc(C)cc(F)c3)[C@H]3CC[C@]2(C1)O3. The van der Waals surface area contributed by atoms with Crippen molar-refractivity contribution in [2.24, 2.45) is 11.8 Å². The van der Waals surface area contributed by atoms with E-state index < -0.39 is 5.82 Å². The van der Waals surface area contributed by atoms with Gasteiger partial charge in [0.15, 0.2) is 0 Å². The quantitative estimate of drug-likeness (QED) is 0.808. The van der Waals surface area contributed by atoms with E-state index in [0.29, 0.717) is 24.6 Å². The normalized spacial score (nSPS) is 31.7. The number of nitrogens with one attached hydrogen (secondary N) is 2. The fourth-order valence-electron chi connectivity index (χ4n) is 5.14. The van der Waals surface area contributed by atoms with Crippen LogP contribution in [-0.2, 0) is 9.53 Å². The third-order valence-electron chi connectivity index (χ3n) is 6.30. The van der Waals surface area contributed by atoms with E-state index in [1.165, 1.54) is 12.1 Å². The summed E-state index contributed by atoms with van der Waals surface area (Å²) in [6.07, 6.45) is 2.16. The summed E-state index contributed by atoms with van der Waals surface area (Å²) in [6.45, 7) is 4.25. The molecule has 0 unspecified atom stereocenters. The average molecular weight is 375 g/mol. The zero-order chi connectivity index (χ0) is 19.2. The second kappa shape index (κ2) is 6.87. The summed E-state index contributed by atoms with van der Waals surface area (Å²) in [7, 11) is 1.64. The lowest BCUT2D eigenvalue weighted by molar-refractivity contribution is -0.121. The molecule has 2 bridgehead atoms.